The first-order chi connectivity index (χ1) is 14.7. The third kappa shape index (κ3) is 4.53. The van der Waals surface area contributed by atoms with Crippen molar-refractivity contribution >= 4 is 11.5 Å². The van der Waals surface area contributed by atoms with Crippen LogP contribution in [0.5, 0.6) is 0 Å². The van der Waals surface area contributed by atoms with Gasteiger partial charge in [-0.2, -0.15) is 10.1 Å². The highest BCUT2D eigenvalue weighted by molar-refractivity contribution is 5.71. The number of hydrogen-bond acceptors (Lipinski definition) is 6. The Bertz CT molecular complexity index is 937. The lowest BCUT2D eigenvalue weighted by molar-refractivity contribution is -0.137. The topological polar surface area (TPSA) is 103 Å². The van der Waals surface area contributed by atoms with Gasteiger partial charge in [0.15, 0.2) is 0 Å². The van der Waals surface area contributed by atoms with E-state index in [-0.39, 0.29) is 12.3 Å². The van der Waals surface area contributed by atoms with Crippen LogP contribution < -0.4 is 0 Å². The van der Waals surface area contributed by atoms with Gasteiger partial charge in [0.05, 0.1) is 30.1 Å². The Kier molecular flexibility index (Phi) is 6.42. The summed E-state index contributed by atoms with van der Waals surface area (Å²) in [6.45, 7) is 0.442. The summed E-state index contributed by atoms with van der Waals surface area (Å²) in [4.78, 5) is 15.4. The van der Waals surface area contributed by atoms with Gasteiger partial charge in [-0.05, 0) is 31.6 Å². The molecule has 8 nitrogen and oxygen atoms in total. The lowest BCUT2D eigenvalue weighted by Crippen LogP contribution is -2.17. The summed E-state index contributed by atoms with van der Waals surface area (Å²) in [6.07, 6.45) is 15.4. The highest BCUT2D eigenvalue weighted by atomic mass is 16.5. The first kappa shape index (κ1) is 20.5. The van der Waals surface area contributed by atoms with Crippen LogP contribution >= 0.6 is 0 Å². The minimum atomic E-state index is -0.762. The quantitative estimate of drug-likeness (QED) is 0.685. The molecule has 0 saturated heterocycles. The van der Waals surface area contributed by atoms with Gasteiger partial charge in [0.1, 0.15) is 0 Å². The van der Waals surface area contributed by atoms with E-state index in [0.29, 0.717) is 30.8 Å². The van der Waals surface area contributed by atoms with Crippen LogP contribution in [0.4, 0.5) is 0 Å². The molecule has 0 aromatic carbocycles. The molecule has 1 N–H and O–H groups in total. The van der Waals surface area contributed by atoms with E-state index in [0.717, 1.165) is 36.1 Å². The lowest BCUT2D eigenvalue weighted by atomic mass is 9.92. The first-order valence-corrected chi connectivity index (χ1v) is 10.7. The standard InChI is InChI=1S/C22H28N4O4/c1-29-14-19-18(13-23-26(19)17-5-3-2-4-6-17)22-24-21(25-30-22)16-10-7-15(8-11-16)9-12-20(27)28/h7,10-11,13,15,17H,2-6,8-9,12,14H2,1H3,(H,27,28). The van der Waals surface area contributed by atoms with Crippen molar-refractivity contribution in [2.24, 2.45) is 5.92 Å². The van der Waals surface area contributed by atoms with Crippen molar-refractivity contribution in [3.05, 3.63) is 35.9 Å². The maximum atomic E-state index is 10.8. The van der Waals surface area contributed by atoms with Crippen molar-refractivity contribution in [1.82, 2.24) is 19.9 Å². The van der Waals surface area contributed by atoms with Crippen LogP contribution in [-0.4, -0.2) is 38.1 Å². The number of allylic oxidation sites excluding steroid dienone is 4. The predicted octanol–water partition coefficient (Wildman–Crippen LogP) is 4.41. The molecule has 1 fully saturated rings. The lowest BCUT2D eigenvalue weighted by Gasteiger charge is -2.24. The second-order valence-electron chi connectivity index (χ2n) is 8.04. The zero-order valence-corrected chi connectivity index (χ0v) is 17.3. The van der Waals surface area contributed by atoms with Crippen LogP contribution in [0.25, 0.3) is 17.0 Å². The minimum Gasteiger partial charge on any atom is -0.481 e. The van der Waals surface area contributed by atoms with Gasteiger partial charge in [-0.1, -0.05) is 42.6 Å². The summed E-state index contributed by atoms with van der Waals surface area (Å²) in [6, 6.07) is 0.395. The molecule has 2 heterocycles. The fourth-order valence-electron chi connectivity index (χ4n) is 4.29. The van der Waals surface area contributed by atoms with Crippen molar-refractivity contribution in [3.8, 4) is 11.5 Å². The molecule has 160 valence electrons. The highest BCUT2D eigenvalue weighted by Crippen LogP contribution is 2.33. The molecule has 1 saturated carbocycles. The Balaban J connectivity index is 1.51. The molecule has 30 heavy (non-hydrogen) atoms. The predicted molar refractivity (Wildman–Crippen MR) is 110 cm³/mol. The van der Waals surface area contributed by atoms with Gasteiger partial charge in [0.2, 0.25) is 5.82 Å². The molecule has 0 radical (unpaired) electrons. The molecule has 0 amide bonds. The monoisotopic (exact) mass is 412 g/mol. The van der Waals surface area contributed by atoms with Gasteiger partial charge in [-0.25, -0.2) is 0 Å². The zero-order valence-electron chi connectivity index (χ0n) is 17.3. The third-order valence-electron chi connectivity index (χ3n) is 5.93. The van der Waals surface area contributed by atoms with E-state index in [1.807, 2.05) is 18.2 Å². The third-order valence-corrected chi connectivity index (χ3v) is 5.93. The van der Waals surface area contributed by atoms with E-state index in [9.17, 15) is 4.79 Å². The zero-order chi connectivity index (χ0) is 20.9. The van der Waals surface area contributed by atoms with Crippen molar-refractivity contribution in [2.75, 3.05) is 7.11 Å². The van der Waals surface area contributed by atoms with E-state index < -0.39 is 5.97 Å². The number of carboxylic acid groups (broad SMARTS) is 1. The van der Waals surface area contributed by atoms with E-state index in [1.54, 1.807) is 13.3 Å². The largest absolute Gasteiger partial charge is 0.481 e. The molecule has 1 atom stereocenters. The van der Waals surface area contributed by atoms with Crippen LogP contribution in [0, 0.1) is 5.92 Å². The molecule has 8 heteroatoms. The average Bonchev–Trinajstić information content (AvgIpc) is 3.41. The van der Waals surface area contributed by atoms with Gasteiger partial charge < -0.3 is 14.4 Å². The SMILES string of the molecule is COCc1c(-c2nc(C3=CCC(CCC(=O)O)C=C3)no2)cnn1C1CCCCC1. The maximum absolute atomic E-state index is 10.8. The molecule has 1 unspecified atom stereocenters. The van der Waals surface area contributed by atoms with E-state index in [1.165, 1.54) is 19.3 Å². The average molecular weight is 412 g/mol. The van der Waals surface area contributed by atoms with Crippen LogP contribution in [0.1, 0.15) is 68.9 Å². The normalized spacial score (nSPS) is 19.8. The van der Waals surface area contributed by atoms with Gasteiger partial charge in [0.25, 0.3) is 5.89 Å². The van der Waals surface area contributed by atoms with Crippen molar-refractivity contribution < 1.29 is 19.2 Å². The Morgan fingerprint density at radius 1 is 1.33 bits per heavy atom. The number of aliphatic carboxylic acids is 1. The molecule has 2 aliphatic carbocycles. The summed E-state index contributed by atoms with van der Waals surface area (Å²) in [5.74, 6) is 0.452. The molecule has 0 bridgehead atoms. The maximum Gasteiger partial charge on any atom is 0.303 e. The van der Waals surface area contributed by atoms with Crippen molar-refractivity contribution in [3.63, 3.8) is 0 Å². The van der Waals surface area contributed by atoms with Crippen LogP contribution in [0.3, 0.4) is 0 Å². The summed E-state index contributed by atoms with van der Waals surface area (Å²) in [5.41, 5.74) is 2.69. The van der Waals surface area contributed by atoms with E-state index in [2.05, 4.69) is 19.9 Å². The highest BCUT2D eigenvalue weighted by Gasteiger charge is 2.24. The number of aromatic nitrogens is 4. The molecule has 4 rings (SSSR count). The molecule has 2 aromatic heterocycles. The Morgan fingerprint density at radius 3 is 2.87 bits per heavy atom. The second kappa shape index (κ2) is 9.38. The number of nitrogens with zero attached hydrogens (tertiary/aromatic N) is 4. The number of carbonyl (C=O) groups is 1. The smallest absolute Gasteiger partial charge is 0.303 e. The minimum absolute atomic E-state index is 0.178. The molecule has 2 aromatic rings. The Morgan fingerprint density at radius 2 is 2.17 bits per heavy atom. The summed E-state index contributed by atoms with van der Waals surface area (Å²) in [5, 5.41) is 17.6. The van der Waals surface area contributed by atoms with Crippen molar-refractivity contribution in [1.29, 1.82) is 0 Å². The number of carboxylic acids is 1. The Labute approximate surface area is 175 Å². The molecular formula is C22H28N4O4. The fourth-order valence-corrected chi connectivity index (χ4v) is 4.29. The first-order valence-electron chi connectivity index (χ1n) is 10.7. The summed E-state index contributed by atoms with van der Waals surface area (Å²) >= 11 is 0. The Hall–Kier alpha value is -2.74. The number of methoxy groups -OCH3 is 1. The van der Waals surface area contributed by atoms with E-state index >= 15 is 0 Å². The number of rotatable bonds is 8. The number of hydrogen-bond donors (Lipinski definition) is 1. The van der Waals surface area contributed by atoms with Gasteiger partial charge in [-0.3, -0.25) is 9.48 Å². The van der Waals surface area contributed by atoms with E-state index in [4.69, 9.17) is 14.4 Å². The fraction of sp³-hybridized carbons (Fsp3) is 0.545. The molecule has 2 aliphatic rings. The van der Waals surface area contributed by atoms with Crippen LogP contribution in [0.15, 0.2) is 28.9 Å². The van der Waals surface area contributed by atoms with Crippen LogP contribution in [0.2, 0.25) is 0 Å². The molecule has 0 spiro atoms. The van der Waals surface area contributed by atoms with Gasteiger partial charge in [0, 0.05) is 19.1 Å². The molecule has 0 aliphatic heterocycles. The van der Waals surface area contributed by atoms with Gasteiger partial charge >= 0.3 is 5.97 Å². The van der Waals surface area contributed by atoms with Crippen molar-refractivity contribution in [2.45, 2.75) is 64.0 Å². The summed E-state index contributed by atoms with van der Waals surface area (Å²) in [7, 11) is 1.68. The summed E-state index contributed by atoms with van der Waals surface area (Å²) < 4.78 is 13.1. The molecular weight excluding hydrogens is 384 g/mol. The second-order valence-corrected chi connectivity index (χ2v) is 8.04. The van der Waals surface area contributed by atoms with Gasteiger partial charge in [-0.15, -0.1) is 0 Å². The van der Waals surface area contributed by atoms with Crippen LogP contribution in [-0.2, 0) is 16.1 Å². The number of ether oxygens (including phenoxy) is 1.